The second-order valence-electron chi connectivity index (χ2n) is 3.75. The molecule has 1 rings (SSSR count). The Hall–Kier alpha value is -0.410. The third kappa shape index (κ3) is 4.20. The third-order valence-electron chi connectivity index (χ3n) is 2.26. The minimum Gasteiger partial charge on any atom is -0.314 e. The van der Waals surface area contributed by atoms with E-state index >= 15 is 0 Å². The van der Waals surface area contributed by atoms with Crippen LogP contribution < -0.4 is 5.32 Å². The second-order valence-corrected chi connectivity index (χ2v) is 4.81. The lowest BCUT2D eigenvalue weighted by atomic mass is 10.2. The number of nitrogens with zero attached hydrogens (tertiary/aromatic N) is 1. The Morgan fingerprint density at radius 2 is 2.36 bits per heavy atom. The summed E-state index contributed by atoms with van der Waals surface area (Å²) in [6, 6.07) is 0.639. The van der Waals surface area contributed by atoms with Gasteiger partial charge in [0.2, 0.25) is 0 Å². The SMILES string of the molecule is CCCC(C)NCCc1csc(C)n1. The lowest BCUT2D eigenvalue weighted by molar-refractivity contribution is 0.511. The molecule has 0 aliphatic heterocycles. The van der Waals surface area contributed by atoms with Crippen LogP contribution in [0, 0.1) is 6.92 Å². The maximum atomic E-state index is 4.43. The van der Waals surface area contributed by atoms with Crippen LogP contribution in [0.15, 0.2) is 5.38 Å². The van der Waals surface area contributed by atoms with Crippen molar-refractivity contribution in [1.82, 2.24) is 10.3 Å². The number of rotatable bonds is 6. The number of aromatic nitrogens is 1. The van der Waals surface area contributed by atoms with Gasteiger partial charge in [0.05, 0.1) is 10.7 Å². The van der Waals surface area contributed by atoms with Crippen LogP contribution in [0.5, 0.6) is 0 Å². The molecule has 3 heteroatoms. The van der Waals surface area contributed by atoms with E-state index in [1.807, 2.05) is 0 Å². The molecule has 0 saturated carbocycles. The fourth-order valence-corrected chi connectivity index (χ4v) is 2.15. The highest BCUT2D eigenvalue weighted by Gasteiger charge is 2.01. The first-order chi connectivity index (χ1) is 6.72. The van der Waals surface area contributed by atoms with E-state index in [1.54, 1.807) is 11.3 Å². The standard InChI is InChI=1S/C11H20N2S/c1-4-5-9(2)12-7-6-11-8-14-10(3)13-11/h8-9,12H,4-7H2,1-3H3. The number of hydrogen-bond donors (Lipinski definition) is 1. The van der Waals surface area contributed by atoms with Crippen LogP contribution >= 0.6 is 11.3 Å². The Morgan fingerprint density at radius 1 is 1.57 bits per heavy atom. The molecule has 1 heterocycles. The predicted octanol–water partition coefficient (Wildman–Crippen LogP) is 2.77. The lowest BCUT2D eigenvalue weighted by Gasteiger charge is -2.11. The Morgan fingerprint density at radius 3 is 2.93 bits per heavy atom. The van der Waals surface area contributed by atoms with Crippen molar-refractivity contribution in [2.24, 2.45) is 0 Å². The van der Waals surface area contributed by atoms with Crippen molar-refractivity contribution in [3.05, 3.63) is 16.1 Å². The first-order valence-electron chi connectivity index (χ1n) is 5.36. The molecule has 0 amide bonds. The van der Waals surface area contributed by atoms with E-state index in [4.69, 9.17) is 0 Å². The highest BCUT2D eigenvalue weighted by atomic mass is 32.1. The highest BCUT2D eigenvalue weighted by molar-refractivity contribution is 7.09. The summed E-state index contributed by atoms with van der Waals surface area (Å²) in [4.78, 5) is 4.43. The third-order valence-corrected chi connectivity index (χ3v) is 3.08. The van der Waals surface area contributed by atoms with Crippen molar-refractivity contribution >= 4 is 11.3 Å². The van der Waals surface area contributed by atoms with Gasteiger partial charge in [-0.15, -0.1) is 11.3 Å². The van der Waals surface area contributed by atoms with Gasteiger partial charge < -0.3 is 5.32 Å². The van der Waals surface area contributed by atoms with E-state index in [1.165, 1.54) is 23.5 Å². The van der Waals surface area contributed by atoms with Gasteiger partial charge in [0.25, 0.3) is 0 Å². The fourth-order valence-electron chi connectivity index (χ4n) is 1.50. The largest absolute Gasteiger partial charge is 0.314 e. The minimum absolute atomic E-state index is 0.639. The first-order valence-corrected chi connectivity index (χ1v) is 6.24. The van der Waals surface area contributed by atoms with Crippen LogP contribution in [0.1, 0.15) is 37.4 Å². The van der Waals surface area contributed by atoms with Crippen LogP contribution in [-0.2, 0) is 6.42 Å². The molecule has 0 aromatic carbocycles. The van der Waals surface area contributed by atoms with Crippen LogP contribution in [0.2, 0.25) is 0 Å². The quantitative estimate of drug-likeness (QED) is 0.784. The molecular formula is C11H20N2S. The van der Waals surface area contributed by atoms with Gasteiger partial charge in [-0.1, -0.05) is 13.3 Å². The first kappa shape index (κ1) is 11.7. The Kier molecular flexibility index (Phi) is 5.12. The molecule has 0 fully saturated rings. The Balaban J connectivity index is 2.15. The highest BCUT2D eigenvalue weighted by Crippen LogP contribution is 2.07. The molecule has 0 aliphatic carbocycles. The predicted molar refractivity (Wildman–Crippen MR) is 62.9 cm³/mol. The van der Waals surface area contributed by atoms with Gasteiger partial charge in [-0.25, -0.2) is 4.98 Å². The molecular weight excluding hydrogens is 192 g/mol. The smallest absolute Gasteiger partial charge is 0.0897 e. The minimum atomic E-state index is 0.639. The summed E-state index contributed by atoms with van der Waals surface area (Å²) in [7, 11) is 0. The van der Waals surface area contributed by atoms with Gasteiger partial charge >= 0.3 is 0 Å². The van der Waals surface area contributed by atoms with Crippen LogP contribution in [0.4, 0.5) is 0 Å². The Bertz CT molecular complexity index is 258. The molecule has 2 nitrogen and oxygen atoms in total. The van der Waals surface area contributed by atoms with Crippen molar-refractivity contribution < 1.29 is 0 Å². The molecule has 1 atom stereocenters. The average Bonchev–Trinajstić information content (AvgIpc) is 2.52. The van der Waals surface area contributed by atoms with Gasteiger partial charge in [-0.05, 0) is 20.3 Å². The lowest BCUT2D eigenvalue weighted by Crippen LogP contribution is -2.27. The van der Waals surface area contributed by atoms with E-state index in [0.717, 1.165) is 13.0 Å². The zero-order chi connectivity index (χ0) is 10.4. The molecule has 0 aliphatic rings. The topological polar surface area (TPSA) is 24.9 Å². The number of aryl methyl sites for hydroxylation is 1. The molecule has 0 saturated heterocycles. The molecule has 0 radical (unpaired) electrons. The van der Waals surface area contributed by atoms with E-state index in [9.17, 15) is 0 Å². The van der Waals surface area contributed by atoms with Gasteiger partial charge in [0.15, 0.2) is 0 Å². The van der Waals surface area contributed by atoms with E-state index in [2.05, 4.69) is 36.5 Å². The summed E-state index contributed by atoms with van der Waals surface area (Å²) in [5.74, 6) is 0. The van der Waals surface area contributed by atoms with Crippen LogP contribution in [0.25, 0.3) is 0 Å². The van der Waals surface area contributed by atoms with E-state index in [0.29, 0.717) is 6.04 Å². The van der Waals surface area contributed by atoms with Crippen molar-refractivity contribution in [1.29, 1.82) is 0 Å². The molecule has 1 aromatic heterocycles. The summed E-state index contributed by atoms with van der Waals surface area (Å²) in [6.07, 6.45) is 3.57. The number of hydrogen-bond acceptors (Lipinski definition) is 3. The molecule has 1 N–H and O–H groups in total. The van der Waals surface area contributed by atoms with Gasteiger partial charge in [0.1, 0.15) is 0 Å². The zero-order valence-electron chi connectivity index (χ0n) is 9.34. The summed E-state index contributed by atoms with van der Waals surface area (Å²) in [5, 5.41) is 6.83. The van der Waals surface area contributed by atoms with Gasteiger partial charge in [-0.3, -0.25) is 0 Å². The molecule has 1 aromatic rings. The molecule has 80 valence electrons. The Labute approximate surface area is 90.8 Å². The van der Waals surface area contributed by atoms with E-state index < -0.39 is 0 Å². The molecule has 0 bridgehead atoms. The van der Waals surface area contributed by atoms with E-state index in [-0.39, 0.29) is 0 Å². The zero-order valence-corrected chi connectivity index (χ0v) is 10.2. The summed E-state index contributed by atoms with van der Waals surface area (Å²) in [6.45, 7) is 7.57. The maximum Gasteiger partial charge on any atom is 0.0897 e. The molecule has 0 spiro atoms. The van der Waals surface area contributed by atoms with Crippen molar-refractivity contribution in [2.75, 3.05) is 6.54 Å². The summed E-state index contributed by atoms with van der Waals surface area (Å²) < 4.78 is 0. The summed E-state index contributed by atoms with van der Waals surface area (Å²) in [5.41, 5.74) is 1.23. The van der Waals surface area contributed by atoms with Crippen molar-refractivity contribution in [3.8, 4) is 0 Å². The summed E-state index contributed by atoms with van der Waals surface area (Å²) >= 11 is 1.73. The normalized spacial score (nSPS) is 13.1. The van der Waals surface area contributed by atoms with Crippen LogP contribution in [-0.4, -0.2) is 17.6 Å². The second kappa shape index (κ2) is 6.14. The van der Waals surface area contributed by atoms with Gasteiger partial charge in [-0.2, -0.15) is 0 Å². The van der Waals surface area contributed by atoms with Crippen molar-refractivity contribution in [3.63, 3.8) is 0 Å². The molecule has 14 heavy (non-hydrogen) atoms. The van der Waals surface area contributed by atoms with Crippen LogP contribution in [0.3, 0.4) is 0 Å². The molecule has 1 unspecified atom stereocenters. The number of thiazole rings is 1. The monoisotopic (exact) mass is 212 g/mol. The number of nitrogens with one attached hydrogen (secondary N) is 1. The maximum absolute atomic E-state index is 4.43. The average molecular weight is 212 g/mol. The fraction of sp³-hybridized carbons (Fsp3) is 0.727. The van der Waals surface area contributed by atoms with Gasteiger partial charge in [0, 0.05) is 24.4 Å². The van der Waals surface area contributed by atoms with Crippen molar-refractivity contribution in [2.45, 2.75) is 46.1 Å².